The minimum absolute atomic E-state index is 0.474. The van der Waals surface area contributed by atoms with Gasteiger partial charge >= 0.3 is 0 Å². The zero-order valence-corrected chi connectivity index (χ0v) is 19.7. The molecule has 2 aromatic heterocycles. The van der Waals surface area contributed by atoms with Gasteiger partial charge < -0.3 is 14.4 Å². The van der Waals surface area contributed by atoms with Crippen molar-refractivity contribution in [2.75, 3.05) is 24.5 Å². The fraction of sp³-hybridized carbons (Fsp3) is 0.444. The average Bonchev–Trinajstić information content (AvgIpc) is 3.15. The number of allylic oxidation sites excluding steroid dienone is 1. The van der Waals surface area contributed by atoms with Crippen molar-refractivity contribution in [2.24, 2.45) is 0 Å². The van der Waals surface area contributed by atoms with Crippen molar-refractivity contribution in [3.8, 4) is 0 Å². The molecule has 0 saturated carbocycles. The van der Waals surface area contributed by atoms with E-state index in [1.807, 2.05) is 12.4 Å². The molecule has 1 aliphatic heterocycles. The molecule has 0 radical (unpaired) electrons. The zero-order valence-electron chi connectivity index (χ0n) is 19.7. The second-order valence-electron chi connectivity index (χ2n) is 8.77. The lowest BCUT2D eigenvalue weighted by molar-refractivity contribution is 0.0706. The first kappa shape index (κ1) is 22.3. The molecule has 0 spiro atoms. The van der Waals surface area contributed by atoms with Crippen LogP contribution >= 0.6 is 0 Å². The number of likely N-dealkylation sites (tertiary alicyclic amines) is 1. The number of aromatic nitrogens is 3. The Bertz CT molecular complexity index is 1080. The number of fused-ring (bicyclic) bond motifs is 1. The molecular formula is C27H35N5. The first-order chi connectivity index (χ1) is 15.6. The molecular weight excluding hydrogens is 394 g/mol. The maximum absolute atomic E-state index is 4.74. The maximum Gasteiger partial charge on any atom is 0.107 e. The molecule has 0 aliphatic carbocycles. The van der Waals surface area contributed by atoms with Crippen LogP contribution in [0, 0.1) is 6.92 Å². The van der Waals surface area contributed by atoms with Crippen molar-refractivity contribution in [1.82, 2.24) is 19.4 Å². The van der Waals surface area contributed by atoms with Gasteiger partial charge in [0.2, 0.25) is 0 Å². The summed E-state index contributed by atoms with van der Waals surface area (Å²) in [7, 11) is 0. The van der Waals surface area contributed by atoms with Crippen LogP contribution < -0.4 is 4.90 Å². The predicted octanol–water partition coefficient (Wildman–Crippen LogP) is 5.74. The SMILES string of the molecule is C=C=C(C)N(CCCN1CCC1C[C@@H](CC)n1c(C)nc2cnccc21)c1ccccc1. The van der Waals surface area contributed by atoms with E-state index in [0.717, 1.165) is 43.0 Å². The summed E-state index contributed by atoms with van der Waals surface area (Å²) >= 11 is 0. The minimum atomic E-state index is 0.474. The fourth-order valence-electron chi connectivity index (χ4n) is 4.98. The van der Waals surface area contributed by atoms with E-state index < -0.39 is 0 Å². The number of hydrogen-bond donors (Lipinski definition) is 0. The van der Waals surface area contributed by atoms with E-state index in [1.54, 1.807) is 0 Å². The Labute approximate surface area is 192 Å². The lowest BCUT2D eigenvalue weighted by Crippen LogP contribution is -2.49. The first-order valence-electron chi connectivity index (χ1n) is 11.8. The fourth-order valence-corrected chi connectivity index (χ4v) is 4.98. The summed E-state index contributed by atoms with van der Waals surface area (Å²) in [5, 5.41) is 0. The maximum atomic E-state index is 4.74. The molecule has 3 heterocycles. The quantitative estimate of drug-likeness (QED) is 0.385. The van der Waals surface area contributed by atoms with Crippen LogP contribution in [0.3, 0.4) is 0 Å². The summed E-state index contributed by atoms with van der Waals surface area (Å²) in [5.74, 6) is 1.09. The van der Waals surface area contributed by atoms with Crippen molar-refractivity contribution >= 4 is 16.7 Å². The Morgan fingerprint density at radius 3 is 2.78 bits per heavy atom. The third-order valence-electron chi connectivity index (χ3n) is 6.87. The van der Waals surface area contributed by atoms with Gasteiger partial charge in [-0.1, -0.05) is 31.7 Å². The molecule has 1 fully saturated rings. The van der Waals surface area contributed by atoms with Gasteiger partial charge in [0, 0.05) is 37.1 Å². The number of hydrogen-bond acceptors (Lipinski definition) is 4. The van der Waals surface area contributed by atoms with E-state index >= 15 is 0 Å². The van der Waals surface area contributed by atoms with E-state index in [0.29, 0.717) is 12.1 Å². The molecule has 2 atom stereocenters. The summed E-state index contributed by atoms with van der Waals surface area (Å²) in [6.07, 6.45) is 8.46. The number of nitrogens with zero attached hydrogens (tertiary/aromatic N) is 5. The summed E-state index contributed by atoms with van der Waals surface area (Å²) in [5.41, 5.74) is 7.58. The Morgan fingerprint density at radius 1 is 1.28 bits per heavy atom. The molecule has 168 valence electrons. The van der Waals surface area contributed by atoms with Gasteiger partial charge in [0.15, 0.2) is 0 Å². The molecule has 5 heteroatoms. The average molecular weight is 430 g/mol. The van der Waals surface area contributed by atoms with Crippen LogP contribution in [0.15, 0.2) is 66.8 Å². The number of para-hydroxylation sites is 1. The standard InChI is InChI=1S/C27H35N5/c1-5-21(3)31(24-11-8-7-9-12-24)17-10-16-30-18-14-25(30)19-23(6-2)32-22(4)29-26-20-28-15-13-27(26)32/h7-9,11-13,15,20,23,25H,1,6,10,14,16-19H2,2-4H3/t23-,25?/m1/s1. The Morgan fingerprint density at radius 2 is 2.09 bits per heavy atom. The number of anilines is 1. The van der Waals surface area contributed by atoms with Crippen molar-refractivity contribution in [3.63, 3.8) is 0 Å². The normalized spacial score (nSPS) is 17.0. The van der Waals surface area contributed by atoms with Gasteiger partial charge in [0.05, 0.1) is 17.4 Å². The summed E-state index contributed by atoms with van der Waals surface area (Å²) < 4.78 is 2.43. The number of aryl methyl sites for hydroxylation is 1. The summed E-state index contributed by atoms with van der Waals surface area (Å²) in [6, 6.07) is 13.8. The molecule has 1 saturated heterocycles. The van der Waals surface area contributed by atoms with Crippen LogP contribution in [-0.4, -0.2) is 45.1 Å². The topological polar surface area (TPSA) is 37.2 Å². The lowest BCUT2D eigenvalue weighted by atomic mass is 9.93. The van der Waals surface area contributed by atoms with Gasteiger partial charge in [0.1, 0.15) is 11.3 Å². The summed E-state index contributed by atoms with van der Waals surface area (Å²) in [4.78, 5) is 14.0. The van der Waals surface area contributed by atoms with E-state index in [-0.39, 0.29) is 0 Å². The molecule has 3 aromatic rings. The van der Waals surface area contributed by atoms with E-state index in [4.69, 9.17) is 4.98 Å². The minimum Gasteiger partial charge on any atom is -0.339 e. The molecule has 5 nitrogen and oxygen atoms in total. The van der Waals surface area contributed by atoms with Gasteiger partial charge in [-0.2, -0.15) is 0 Å². The van der Waals surface area contributed by atoms with Crippen LogP contribution in [0.5, 0.6) is 0 Å². The van der Waals surface area contributed by atoms with E-state index in [2.05, 4.69) is 88.8 Å². The van der Waals surface area contributed by atoms with Gasteiger partial charge in [-0.05, 0) is 64.3 Å². The van der Waals surface area contributed by atoms with Crippen molar-refractivity contribution in [3.05, 3.63) is 72.6 Å². The second kappa shape index (κ2) is 10.2. The van der Waals surface area contributed by atoms with Crippen molar-refractivity contribution in [1.29, 1.82) is 0 Å². The van der Waals surface area contributed by atoms with Crippen molar-refractivity contribution in [2.45, 2.75) is 58.5 Å². The molecule has 0 N–H and O–H groups in total. The van der Waals surface area contributed by atoms with Crippen LogP contribution in [0.25, 0.3) is 11.0 Å². The van der Waals surface area contributed by atoms with E-state index in [9.17, 15) is 0 Å². The molecule has 0 amide bonds. The zero-order chi connectivity index (χ0) is 22.5. The highest BCUT2D eigenvalue weighted by Gasteiger charge is 2.31. The Hall–Kier alpha value is -2.88. The van der Waals surface area contributed by atoms with Gasteiger partial charge in [0.25, 0.3) is 0 Å². The highest BCUT2D eigenvalue weighted by Crippen LogP contribution is 2.31. The van der Waals surface area contributed by atoms with Gasteiger partial charge in [-0.3, -0.25) is 4.98 Å². The molecule has 32 heavy (non-hydrogen) atoms. The Kier molecular flexibility index (Phi) is 7.09. The van der Waals surface area contributed by atoms with Gasteiger partial charge in [-0.25, -0.2) is 4.98 Å². The molecule has 0 bridgehead atoms. The third kappa shape index (κ3) is 4.64. The molecule has 4 rings (SSSR count). The van der Waals surface area contributed by atoms with Crippen molar-refractivity contribution < 1.29 is 0 Å². The first-order valence-corrected chi connectivity index (χ1v) is 11.8. The number of benzene rings is 1. The Balaban J connectivity index is 1.37. The predicted molar refractivity (Wildman–Crippen MR) is 133 cm³/mol. The van der Waals surface area contributed by atoms with Crippen LogP contribution in [0.4, 0.5) is 5.69 Å². The number of imidazole rings is 1. The number of rotatable bonds is 10. The smallest absolute Gasteiger partial charge is 0.107 e. The number of pyridine rings is 1. The third-order valence-corrected chi connectivity index (χ3v) is 6.87. The monoisotopic (exact) mass is 429 g/mol. The molecule has 1 unspecified atom stereocenters. The summed E-state index contributed by atoms with van der Waals surface area (Å²) in [6.45, 7) is 13.7. The van der Waals surface area contributed by atoms with Crippen LogP contribution in [0.1, 0.15) is 51.4 Å². The largest absolute Gasteiger partial charge is 0.339 e. The highest BCUT2D eigenvalue weighted by atomic mass is 15.2. The highest BCUT2D eigenvalue weighted by molar-refractivity contribution is 5.74. The van der Waals surface area contributed by atoms with Crippen LogP contribution in [-0.2, 0) is 0 Å². The lowest BCUT2D eigenvalue weighted by Gasteiger charge is -2.43. The molecule has 1 aliphatic rings. The van der Waals surface area contributed by atoms with Gasteiger partial charge in [-0.15, -0.1) is 5.73 Å². The molecule has 1 aromatic carbocycles. The second-order valence-corrected chi connectivity index (χ2v) is 8.77. The van der Waals surface area contributed by atoms with E-state index in [1.165, 1.54) is 30.6 Å². The van der Waals surface area contributed by atoms with Crippen LogP contribution in [0.2, 0.25) is 0 Å².